The zero-order valence-electron chi connectivity index (χ0n) is 35.9. The van der Waals surface area contributed by atoms with Crippen LogP contribution in [0.1, 0.15) is 48.9 Å². The first-order valence-electron chi connectivity index (χ1n) is 22.4. The summed E-state index contributed by atoms with van der Waals surface area (Å²) in [5.74, 6) is 1.39. The zero-order valence-corrected chi connectivity index (χ0v) is 35.9. The van der Waals surface area contributed by atoms with Crippen molar-refractivity contribution >= 4 is 0 Å². The molecule has 4 aromatic carbocycles. The predicted molar refractivity (Wildman–Crippen MR) is 240 cm³/mol. The van der Waals surface area contributed by atoms with Gasteiger partial charge in [0.1, 0.15) is 11.5 Å². The summed E-state index contributed by atoms with van der Waals surface area (Å²) in [7, 11) is 1.76. The summed E-state index contributed by atoms with van der Waals surface area (Å²) in [4.78, 5) is 5.23. The fourth-order valence-electron chi connectivity index (χ4n) is 10.2. The summed E-state index contributed by atoms with van der Waals surface area (Å²) >= 11 is 0. The minimum atomic E-state index is 0.0914. The van der Waals surface area contributed by atoms with Crippen LogP contribution in [0.25, 0.3) is 22.5 Å². The van der Waals surface area contributed by atoms with Gasteiger partial charge in [0.05, 0.1) is 56.0 Å². The lowest BCUT2D eigenvalue weighted by atomic mass is 9.83. The molecule has 4 aliphatic rings. The quantitative estimate of drug-likeness (QED) is 0.140. The molecule has 318 valence electrons. The third-order valence-corrected chi connectivity index (χ3v) is 13.0. The van der Waals surface area contributed by atoms with Gasteiger partial charge in [-0.2, -0.15) is 10.2 Å². The highest BCUT2D eigenvalue weighted by Gasteiger charge is 2.42. The first-order chi connectivity index (χ1) is 30.0. The van der Waals surface area contributed by atoms with Crippen LogP contribution in [-0.2, 0) is 48.2 Å². The number of ether oxygens (including phenoxy) is 3. The minimum absolute atomic E-state index is 0.0914. The van der Waals surface area contributed by atoms with Crippen LogP contribution in [-0.4, -0.2) is 104 Å². The molecule has 2 aromatic heterocycles. The largest absolute Gasteiger partial charge is 0.508 e. The summed E-state index contributed by atoms with van der Waals surface area (Å²) in [6, 6.07) is 37.9. The van der Waals surface area contributed by atoms with Crippen LogP contribution in [0.2, 0.25) is 0 Å². The van der Waals surface area contributed by atoms with E-state index in [9.17, 15) is 5.11 Å². The third-order valence-electron chi connectivity index (χ3n) is 13.0. The molecule has 4 heterocycles. The minimum Gasteiger partial charge on any atom is -0.508 e. The molecule has 10 rings (SSSR count). The predicted octanol–water partition coefficient (Wildman–Crippen LogP) is 8.11. The number of hydrogen-bond donors (Lipinski definition) is 1. The van der Waals surface area contributed by atoms with Crippen molar-refractivity contribution in [1.29, 1.82) is 0 Å². The van der Waals surface area contributed by atoms with E-state index in [1.165, 1.54) is 16.7 Å². The second kappa shape index (κ2) is 18.8. The molecule has 61 heavy (non-hydrogen) atoms. The Bertz CT molecular complexity index is 2350. The standard InChI is InChI=1S/C26H31N3O2.C25H29N3O2/c1-3-13-28-17-21(18-29-14-12-23(27-29)19-8-5-4-6-9-19)31-26-16-22-20(15-24(26)28)10-7-11-25(22)30-2;1-2-12-27-16-20(17-28-13-11-22(26-28)18-7-4-3-5-8-18)30-25-15-21-19(14-23(25)27)9-6-10-24(21)29/h4-12,14,21,24,26H,3,13,15-18H2,1-2H3;3-11,13,20,23,25,29H,2,12,14-17H2,1H3/t21-,24+,26+;20-,23+,25+/m00/s1. The van der Waals surface area contributed by atoms with Crippen LogP contribution in [0.5, 0.6) is 11.5 Å². The van der Waals surface area contributed by atoms with Gasteiger partial charge in [0.25, 0.3) is 0 Å². The number of aromatic nitrogens is 4. The van der Waals surface area contributed by atoms with Crippen LogP contribution < -0.4 is 4.74 Å². The Hall–Kier alpha value is -5.26. The van der Waals surface area contributed by atoms with Gasteiger partial charge in [-0.1, -0.05) is 98.8 Å². The normalized spacial score (nSPS) is 23.5. The molecular weight excluding hydrogens is 761 g/mol. The molecule has 0 spiro atoms. The first kappa shape index (κ1) is 41.1. The van der Waals surface area contributed by atoms with Crippen molar-refractivity contribution in [1.82, 2.24) is 29.4 Å². The number of rotatable bonds is 11. The number of methoxy groups -OCH3 is 1. The molecule has 6 aromatic rings. The van der Waals surface area contributed by atoms with E-state index in [4.69, 9.17) is 24.4 Å². The van der Waals surface area contributed by atoms with Crippen molar-refractivity contribution in [2.75, 3.05) is 33.3 Å². The lowest BCUT2D eigenvalue weighted by Crippen LogP contribution is -2.58. The summed E-state index contributed by atoms with van der Waals surface area (Å²) in [6.07, 6.45) is 10.6. The van der Waals surface area contributed by atoms with Crippen LogP contribution in [0.4, 0.5) is 0 Å². The molecule has 0 bridgehead atoms. The second-order valence-corrected chi connectivity index (χ2v) is 17.1. The molecule has 10 nitrogen and oxygen atoms in total. The van der Waals surface area contributed by atoms with Gasteiger partial charge in [-0.05, 0) is 85.3 Å². The van der Waals surface area contributed by atoms with E-state index in [1.807, 2.05) is 45.9 Å². The second-order valence-electron chi connectivity index (χ2n) is 17.1. The van der Waals surface area contributed by atoms with E-state index in [2.05, 4.69) is 103 Å². The highest BCUT2D eigenvalue weighted by molar-refractivity contribution is 5.58. The van der Waals surface area contributed by atoms with Crippen molar-refractivity contribution in [3.05, 3.63) is 144 Å². The molecular formula is C51H60N6O4. The molecule has 1 N–H and O–H groups in total. The van der Waals surface area contributed by atoms with Crippen molar-refractivity contribution in [2.45, 2.75) is 102 Å². The Labute approximate surface area is 360 Å². The number of nitrogens with zero attached hydrogens (tertiary/aromatic N) is 6. The van der Waals surface area contributed by atoms with E-state index >= 15 is 0 Å². The maximum Gasteiger partial charge on any atom is 0.122 e. The number of morpholine rings is 2. The zero-order chi connectivity index (χ0) is 41.7. The van der Waals surface area contributed by atoms with E-state index in [1.54, 1.807) is 13.2 Å². The van der Waals surface area contributed by atoms with Gasteiger partial charge in [-0.3, -0.25) is 19.2 Å². The highest BCUT2D eigenvalue weighted by atomic mass is 16.5. The van der Waals surface area contributed by atoms with E-state index < -0.39 is 0 Å². The van der Waals surface area contributed by atoms with Gasteiger partial charge >= 0.3 is 0 Å². The van der Waals surface area contributed by atoms with E-state index in [0.717, 1.165) is 112 Å². The number of phenols is 1. The average molecular weight is 821 g/mol. The molecule has 2 aliphatic carbocycles. The van der Waals surface area contributed by atoms with Crippen molar-refractivity contribution in [3.8, 4) is 34.0 Å². The molecule has 0 saturated carbocycles. The molecule has 2 fully saturated rings. The molecule has 10 heteroatoms. The fourth-order valence-corrected chi connectivity index (χ4v) is 10.2. The molecule has 0 amide bonds. The maximum atomic E-state index is 10.3. The highest BCUT2D eigenvalue weighted by Crippen LogP contribution is 2.37. The smallest absolute Gasteiger partial charge is 0.122 e. The number of benzene rings is 4. The molecule has 2 aliphatic heterocycles. The van der Waals surface area contributed by atoms with Crippen molar-refractivity contribution < 1.29 is 19.3 Å². The Kier molecular flexibility index (Phi) is 12.7. The Morgan fingerprint density at radius 1 is 0.590 bits per heavy atom. The van der Waals surface area contributed by atoms with E-state index in [-0.39, 0.29) is 24.4 Å². The number of hydrogen-bond acceptors (Lipinski definition) is 8. The Balaban J connectivity index is 0.000000156. The van der Waals surface area contributed by atoms with Gasteiger partial charge in [0.15, 0.2) is 0 Å². The number of phenolic OH excluding ortho intramolecular Hbond substituents is 1. The number of fused-ring (bicyclic) bond motifs is 4. The number of aromatic hydroxyl groups is 1. The van der Waals surface area contributed by atoms with Gasteiger partial charge in [-0.15, -0.1) is 0 Å². The summed E-state index contributed by atoms with van der Waals surface area (Å²) in [5.41, 5.74) is 9.32. The van der Waals surface area contributed by atoms with Gasteiger partial charge in [0.2, 0.25) is 0 Å². The van der Waals surface area contributed by atoms with Crippen LogP contribution in [0.15, 0.2) is 122 Å². The van der Waals surface area contributed by atoms with Crippen LogP contribution in [0, 0.1) is 0 Å². The first-order valence-corrected chi connectivity index (χ1v) is 22.4. The average Bonchev–Trinajstić information content (AvgIpc) is 3.97. The van der Waals surface area contributed by atoms with E-state index in [0.29, 0.717) is 17.8 Å². The summed E-state index contributed by atoms with van der Waals surface area (Å²) in [5, 5.41) is 19.9. The fraction of sp³-hybridized carbons (Fsp3) is 0.412. The van der Waals surface area contributed by atoms with Crippen LogP contribution in [0.3, 0.4) is 0 Å². The lowest BCUT2D eigenvalue weighted by Gasteiger charge is -2.47. The molecule has 6 atom stereocenters. The Morgan fingerprint density at radius 3 is 1.59 bits per heavy atom. The molecule has 2 saturated heterocycles. The summed E-state index contributed by atoms with van der Waals surface area (Å²) < 4.78 is 23.0. The third kappa shape index (κ3) is 9.19. The summed E-state index contributed by atoms with van der Waals surface area (Å²) in [6.45, 7) is 10.1. The molecule has 0 radical (unpaired) electrons. The monoisotopic (exact) mass is 820 g/mol. The van der Waals surface area contributed by atoms with Gasteiger partial charge in [-0.25, -0.2) is 0 Å². The van der Waals surface area contributed by atoms with Crippen molar-refractivity contribution in [3.63, 3.8) is 0 Å². The van der Waals surface area contributed by atoms with Crippen molar-refractivity contribution in [2.24, 2.45) is 0 Å². The van der Waals surface area contributed by atoms with Gasteiger partial charge in [0, 0.05) is 61.5 Å². The van der Waals surface area contributed by atoms with Gasteiger partial charge < -0.3 is 19.3 Å². The topological polar surface area (TPSA) is 90.0 Å². The Morgan fingerprint density at radius 2 is 1.08 bits per heavy atom. The molecule has 0 unspecified atom stereocenters. The lowest BCUT2D eigenvalue weighted by molar-refractivity contribution is -0.128. The maximum absolute atomic E-state index is 10.3. The van der Waals surface area contributed by atoms with Crippen LogP contribution >= 0.6 is 0 Å². The SMILES string of the molecule is CCCN1C[C@@H](Cn2ccc(-c3ccccc3)n2)O[C@@H]2Cc3c(O)cccc3C[C@H]21.CCCN1C[C@@H](Cn2ccc(-c3ccccc3)n2)O[C@@H]2Cc3c(cccc3OC)C[C@H]21.